The highest BCUT2D eigenvalue weighted by Crippen LogP contribution is 1.97. The van der Waals surface area contributed by atoms with E-state index in [9.17, 15) is 0 Å². The number of rotatable bonds is 5. The van der Waals surface area contributed by atoms with Crippen LogP contribution in [-0.2, 0) is 14.3 Å². The van der Waals surface area contributed by atoms with E-state index in [-0.39, 0.29) is 10.0 Å². The fourth-order valence-electron chi connectivity index (χ4n) is 0.766. The molecule has 0 N–H and O–H groups in total. The van der Waals surface area contributed by atoms with E-state index in [2.05, 4.69) is 26.7 Å². The maximum Gasteiger partial charge on any atom is 0.409 e. The maximum absolute atomic E-state index is 5.17. The van der Waals surface area contributed by atoms with Gasteiger partial charge in [-0.15, -0.1) is 0 Å². The van der Waals surface area contributed by atoms with Crippen molar-refractivity contribution in [2.24, 2.45) is 0 Å². The summed E-state index contributed by atoms with van der Waals surface area (Å²) in [7, 11) is 3.44. The van der Waals surface area contributed by atoms with Crippen molar-refractivity contribution in [1.29, 1.82) is 0 Å². The van der Waals surface area contributed by atoms with Crippen LogP contribution in [0.25, 0.3) is 0 Å². The van der Waals surface area contributed by atoms with Crippen molar-refractivity contribution in [3.05, 3.63) is 35.9 Å². The molecule has 0 atom stereocenters. The van der Waals surface area contributed by atoms with Crippen molar-refractivity contribution < 1.29 is 8.23 Å². The first-order valence-electron chi connectivity index (χ1n) is 3.43. The molecule has 59 valence electrons. The minimum absolute atomic E-state index is 0.0925. The van der Waals surface area contributed by atoms with E-state index in [4.69, 9.17) is 4.12 Å². The second kappa shape index (κ2) is 6.32. The summed E-state index contributed by atoms with van der Waals surface area (Å²) in [6.07, 6.45) is 0. The molecular weight excluding hydrogens is 200 g/mol. The average Bonchev–Trinajstić information content (AvgIpc) is 2.14. The van der Waals surface area contributed by atoms with Crippen molar-refractivity contribution in [1.82, 2.24) is 0 Å². The molecule has 0 fully saturated rings. The molecule has 0 amide bonds. The molecule has 12 heavy (non-hydrogen) atoms. The Hall–Kier alpha value is -0.209. The molecule has 2 nitrogen and oxygen atoms in total. The van der Waals surface area contributed by atoms with E-state index < -0.39 is 0 Å². The average molecular weight is 207 g/mol. The molecule has 1 aromatic rings. The first-order chi connectivity index (χ1) is 5.93. The van der Waals surface area contributed by atoms with Gasteiger partial charge in [0.05, 0.1) is 0 Å². The van der Waals surface area contributed by atoms with Gasteiger partial charge in [-0.2, -0.15) is 0 Å². The molecule has 1 rings (SSSR count). The predicted molar refractivity (Wildman–Crippen MR) is 49.6 cm³/mol. The van der Waals surface area contributed by atoms with Crippen LogP contribution >= 0.6 is 0 Å². The summed E-state index contributed by atoms with van der Waals surface area (Å²) < 4.78 is 9.77. The summed E-state index contributed by atoms with van der Waals surface area (Å²) in [5, 5.41) is 0. The molecule has 0 saturated heterocycles. The Balaban J connectivity index is 2.16. The van der Waals surface area contributed by atoms with Crippen LogP contribution in [0, 0.1) is 0 Å². The van der Waals surface area contributed by atoms with Crippen LogP contribution in [-0.4, -0.2) is 30.3 Å². The van der Waals surface area contributed by atoms with E-state index in [1.807, 2.05) is 18.2 Å². The van der Waals surface area contributed by atoms with Crippen molar-refractivity contribution in [3.8, 4) is 0 Å². The molecule has 0 heterocycles. The van der Waals surface area contributed by atoms with Gasteiger partial charge in [0.15, 0.2) is 0 Å². The van der Waals surface area contributed by atoms with Gasteiger partial charge in [-0.3, -0.25) is 0 Å². The maximum atomic E-state index is 5.17. The van der Waals surface area contributed by atoms with Gasteiger partial charge in [0, 0.05) is 0 Å². The zero-order valence-corrected chi connectivity index (χ0v) is 9.41. The number of hydrogen-bond donors (Lipinski definition) is 0. The zero-order valence-electron chi connectivity index (χ0n) is 6.41. The van der Waals surface area contributed by atoms with E-state index >= 15 is 0 Å². The monoisotopic (exact) mass is 207 g/mol. The zero-order chi connectivity index (χ0) is 8.65. The lowest BCUT2D eigenvalue weighted by molar-refractivity contribution is 0.501. The molecule has 0 saturated carbocycles. The largest absolute Gasteiger partial charge is 0.435 e. The van der Waals surface area contributed by atoms with Crippen LogP contribution in [0.3, 0.4) is 0 Å². The third kappa shape index (κ3) is 3.98. The normalized spacial score (nSPS) is 10.1. The number of benzene rings is 1. The Morgan fingerprint density at radius 1 is 1.25 bits per heavy atom. The van der Waals surface area contributed by atoms with Gasteiger partial charge in [-0.05, 0) is 11.6 Å². The molecule has 0 unspecified atom stereocenters. The summed E-state index contributed by atoms with van der Waals surface area (Å²) in [6, 6.07) is 11.2. The Morgan fingerprint density at radius 3 is 2.67 bits per heavy atom. The van der Waals surface area contributed by atoms with E-state index in [0.717, 1.165) is 6.04 Å². The molecule has 1 aromatic carbocycles. The standard InChI is InChI=1S/C7H7O2Si3/c10-8-12-9-11-6-7-4-2-1-3-5-7/h1-5H,6H2. The molecule has 7 radical (unpaired) electrons. The molecule has 0 bridgehead atoms. The minimum atomic E-state index is 0.0925. The highest BCUT2D eigenvalue weighted by atomic mass is 28.3. The van der Waals surface area contributed by atoms with Crippen LogP contribution < -0.4 is 0 Å². The quantitative estimate of drug-likeness (QED) is 0.516. The summed E-state index contributed by atoms with van der Waals surface area (Å²) in [6.45, 7) is 0. The Kier molecular flexibility index (Phi) is 5.20. The Morgan fingerprint density at radius 2 is 2.00 bits per heavy atom. The first-order valence-corrected chi connectivity index (χ1v) is 5.77. The highest BCUT2D eigenvalue weighted by Gasteiger charge is 1.94. The van der Waals surface area contributed by atoms with Crippen LogP contribution in [0.5, 0.6) is 0 Å². The summed E-state index contributed by atoms with van der Waals surface area (Å²) in [5.41, 5.74) is 1.30. The smallest absolute Gasteiger partial charge is 0.409 e. The van der Waals surface area contributed by atoms with Gasteiger partial charge >= 0.3 is 10.0 Å². The molecule has 0 aromatic heterocycles. The number of hydrogen-bond acceptors (Lipinski definition) is 2. The Labute approximate surface area is 80.8 Å². The van der Waals surface area contributed by atoms with Crippen molar-refractivity contribution in [3.63, 3.8) is 0 Å². The van der Waals surface area contributed by atoms with Gasteiger partial charge in [-0.25, -0.2) is 0 Å². The van der Waals surface area contributed by atoms with Gasteiger partial charge in [0.1, 0.15) is 0 Å². The van der Waals surface area contributed by atoms with Gasteiger partial charge in [-0.1, -0.05) is 30.3 Å². The molecule has 0 spiro atoms. The van der Waals surface area contributed by atoms with Crippen LogP contribution in [0.15, 0.2) is 30.3 Å². The Bertz CT molecular complexity index is 205. The topological polar surface area (TPSA) is 18.5 Å². The van der Waals surface area contributed by atoms with Gasteiger partial charge < -0.3 is 8.23 Å². The van der Waals surface area contributed by atoms with Crippen LogP contribution in [0.2, 0.25) is 0 Å². The second-order valence-electron chi connectivity index (χ2n) is 2.09. The van der Waals surface area contributed by atoms with Gasteiger partial charge in [0.25, 0.3) is 0 Å². The molecular formula is C7H7O2Si3. The van der Waals surface area contributed by atoms with Crippen LogP contribution in [0.1, 0.15) is 5.56 Å². The van der Waals surface area contributed by atoms with E-state index in [1.165, 1.54) is 5.56 Å². The fourth-order valence-corrected chi connectivity index (χ4v) is 2.23. The highest BCUT2D eigenvalue weighted by molar-refractivity contribution is 6.41. The summed E-state index contributed by atoms with van der Waals surface area (Å²) >= 11 is 0. The summed E-state index contributed by atoms with van der Waals surface area (Å²) in [4.78, 5) is 0. The third-order valence-corrected chi connectivity index (χ3v) is 3.07. The predicted octanol–water partition coefficient (Wildman–Crippen LogP) is 0.457. The minimum Gasteiger partial charge on any atom is -0.435 e. The van der Waals surface area contributed by atoms with Crippen molar-refractivity contribution in [2.45, 2.75) is 6.04 Å². The lowest BCUT2D eigenvalue weighted by Crippen LogP contribution is -2.09. The lowest BCUT2D eigenvalue weighted by atomic mass is 10.2. The van der Waals surface area contributed by atoms with Crippen molar-refractivity contribution in [2.75, 3.05) is 0 Å². The van der Waals surface area contributed by atoms with Gasteiger partial charge in [0.2, 0.25) is 20.2 Å². The first kappa shape index (κ1) is 9.88. The van der Waals surface area contributed by atoms with Crippen LogP contribution in [0.4, 0.5) is 0 Å². The molecule has 0 aliphatic carbocycles. The van der Waals surface area contributed by atoms with E-state index in [1.54, 1.807) is 0 Å². The molecule has 5 heteroatoms. The molecule has 0 aliphatic rings. The third-order valence-electron chi connectivity index (χ3n) is 1.27. The molecule has 0 aliphatic heterocycles. The fraction of sp³-hybridized carbons (Fsp3) is 0.143. The lowest BCUT2D eigenvalue weighted by Gasteiger charge is -1.98. The van der Waals surface area contributed by atoms with Crippen molar-refractivity contribution >= 4 is 30.3 Å². The van der Waals surface area contributed by atoms with E-state index in [0.29, 0.717) is 9.76 Å². The SMILES string of the molecule is [Si]O[Si]O[Si]Cc1ccccc1. The summed E-state index contributed by atoms with van der Waals surface area (Å²) in [5.74, 6) is 0. The second-order valence-corrected chi connectivity index (χ2v) is 4.54.